The summed E-state index contributed by atoms with van der Waals surface area (Å²) >= 11 is 0. The summed E-state index contributed by atoms with van der Waals surface area (Å²) in [5.74, 6) is -3.47. The topological polar surface area (TPSA) is 145 Å². The van der Waals surface area contributed by atoms with E-state index in [1.54, 1.807) is 0 Å². The number of benzene rings is 3. The highest BCUT2D eigenvalue weighted by Gasteiger charge is 2.38. The Morgan fingerprint density at radius 3 is 2.36 bits per heavy atom. The van der Waals surface area contributed by atoms with Crippen molar-refractivity contribution in [1.29, 1.82) is 0 Å². The van der Waals surface area contributed by atoms with E-state index in [4.69, 9.17) is 9.47 Å². The number of barbiturate groups is 1. The number of hydrogen-bond donors (Lipinski definition) is 1. The van der Waals surface area contributed by atoms with Gasteiger partial charge in [0, 0.05) is 18.2 Å². The van der Waals surface area contributed by atoms with Crippen LogP contribution in [0.2, 0.25) is 0 Å². The number of carbonyl (C=O) groups is 4. The van der Waals surface area contributed by atoms with E-state index in [1.165, 1.54) is 79.9 Å². The number of halogens is 1. The number of hydrogen-bond acceptors (Lipinski definition) is 8. The summed E-state index contributed by atoms with van der Waals surface area (Å²) < 4.78 is 24.8. The van der Waals surface area contributed by atoms with Crippen LogP contribution in [0, 0.1) is 15.9 Å². The Bertz CT molecular complexity index is 1560. The Labute approximate surface area is 219 Å². The molecule has 0 spiro atoms. The Hall–Kier alpha value is -5.65. The van der Waals surface area contributed by atoms with Gasteiger partial charge in [0.2, 0.25) is 0 Å². The van der Waals surface area contributed by atoms with Gasteiger partial charge < -0.3 is 9.47 Å². The van der Waals surface area contributed by atoms with Crippen molar-refractivity contribution in [2.45, 2.75) is 0 Å². The second-order valence-electron chi connectivity index (χ2n) is 7.92. The van der Waals surface area contributed by atoms with Crippen molar-refractivity contribution in [3.8, 4) is 11.5 Å². The maximum absolute atomic E-state index is 14.3. The van der Waals surface area contributed by atoms with E-state index >= 15 is 0 Å². The van der Waals surface area contributed by atoms with Gasteiger partial charge in [-0.25, -0.2) is 18.9 Å². The summed E-state index contributed by atoms with van der Waals surface area (Å²) in [6, 6.07) is 13.7. The standard InChI is InChI=1S/C27H18FN3O8/c1-38-23-15-17(8-12-22(23)39-24(32)13-9-16-6-10-18(11-7-16)31(36)37)14-19-25(33)29-27(35)30(26(19)34)21-5-3-2-4-20(21)28/h2-15H,1H3,(H,29,33,35)/b13-9+,19-14+. The molecule has 11 nitrogen and oxygen atoms in total. The van der Waals surface area contributed by atoms with Gasteiger partial charge in [0.25, 0.3) is 17.5 Å². The van der Waals surface area contributed by atoms with Crippen molar-refractivity contribution in [2.24, 2.45) is 0 Å². The van der Waals surface area contributed by atoms with Crippen LogP contribution in [0.1, 0.15) is 11.1 Å². The zero-order chi connectivity index (χ0) is 28.1. The number of nitrogens with zero attached hydrogens (tertiary/aromatic N) is 2. The van der Waals surface area contributed by atoms with E-state index in [9.17, 15) is 33.7 Å². The first-order valence-corrected chi connectivity index (χ1v) is 11.2. The molecule has 0 radical (unpaired) electrons. The molecule has 0 saturated carbocycles. The number of rotatable bonds is 7. The average molecular weight is 531 g/mol. The minimum absolute atomic E-state index is 0.0283. The van der Waals surface area contributed by atoms with Crippen LogP contribution < -0.4 is 19.7 Å². The maximum atomic E-state index is 14.3. The predicted octanol–water partition coefficient (Wildman–Crippen LogP) is 4.03. The highest BCUT2D eigenvalue weighted by Crippen LogP contribution is 2.30. The number of para-hydroxylation sites is 1. The summed E-state index contributed by atoms with van der Waals surface area (Å²) in [7, 11) is 1.31. The molecule has 0 bridgehead atoms. The lowest BCUT2D eigenvalue weighted by Gasteiger charge is -2.26. The minimum Gasteiger partial charge on any atom is -0.493 e. The van der Waals surface area contributed by atoms with Crippen LogP contribution in [0.25, 0.3) is 12.2 Å². The fraction of sp³-hybridized carbons (Fsp3) is 0.0370. The quantitative estimate of drug-likeness (QED) is 0.120. The van der Waals surface area contributed by atoms with E-state index in [0.717, 1.165) is 12.1 Å². The Morgan fingerprint density at radius 2 is 1.69 bits per heavy atom. The van der Waals surface area contributed by atoms with Crippen LogP contribution >= 0.6 is 0 Å². The molecule has 0 aromatic heterocycles. The number of nitro groups is 1. The van der Waals surface area contributed by atoms with Crippen LogP contribution in [-0.4, -0.2) is 35.8 Å². The first-order valence-electron chi connectivity index (χ1n) is 11.2. The van der Waals surface area contributed by atoms with Crippen molar-refractivity contribution in [3.63, 3.8) is 0 Å². The summed E-state index contributed by atoms with van der Waals surface area (Å²) in [6.07, 6.45) is 3.71. The van der Waals surface area contributed by atoms with Crippen molar-refractivity contribution >= 4 is 47.3 Å². The third-order valence-electron chi connectivity index (χ3n) is 5.42. The molecule has 3 aromatic rings. The molecule has 1 aliphatic heterocycles. The molecule has 4 rings (SSSR count). The SMILES string of the molecule is COc1cc(/C=C2\C(=O)NC(=O)N(c3ccccc3F)C2=O)ccc1OC(=O)/C=C/c1ccc([N+](=O)[O-])cc1. The third kappa shape index (κ3) is 5.85. The summed E-state index contributed by atoms with van der Waals surface area (Å²) in [6.45, 7) is 0. The minimum atomic E-state index is -1.09. The smallest absolute Gasteiger partial charge is 0.336 e. The van der Waals surface area contributed by atoms with Crippen LogP contribution in [-0.2, 0) is 14.4 Å². The monoisotopic (exact) mass is 531 g/mol. The molecular weight excluding hydrogens is 513 g/mol. The van der Waals surface area contributed by atoms with Gasteiger partial charge >= 0.3 is 12.0 Å². The van der Waals surface area contributed by atoms with Gasteiger partial charge in [-0.1, -0.05) is 18.2 Å². The lowest BCUT2D eigenvalue weighted by atomic mass is 10.1. The number of anilines is 1. The molecule has 1 heterocycles. The van der Waals surface area contributed by atoms with E-state index < -0.39 is 40.1 Å². The summed E-state index contributed by atoms with van der Waals surface area (Å²) in [5, 5.41) is 12.7. The number of urea groups is 1. The molecule has 4 amide bonds. The van der Waals surface area contributed by atoms with E-state index in [0.29, 0.717) is 10.5 Å². The molecule has 39 heavy (non-hydrogen) atoms. The lowest BCUT2D eigenvalue weighted by molar-refractivity contribution is -0.384. The zero-order valence-electron chi connectivity index (χ0n) is 20.1. The highest BCUT2D eigenvalue weighted by molar-refractivity contribution is 6.39. The predicted molar refractivity (Wildman–Crippen MR) is 136 cm³/mol. The van der Waals surface area contributed by atoms with Crippen molar-refractivity contribution in [3.05, 3.63) is 105 Å². The van der Waals surface area contributed by atoms with Crippen LogP contribution in [0.3, 0.4) is 0 Å². The van der Waals surface area contributed by atoms with Crippen molar-refractivity contribution < 1.29 is 38.0 Å². The van der Waals surface area contributed by atoms with Gasteiger partial charge in [-0.05, 0) is 59.7 Å². The van der Waals surface area contributed by atoms with Gasteiger partial charge in [-0.15, -0.1) is 0 Å². The molecule has 1 fully saturated rings. The number of imide groups is 2. The largest absolute Gasteiger partial charge is 0.493 e. The second kappa shape index (κ2) is 11.2. The molecule has 196 valence electrons. The third-order valence-corrected chi connectivity index (χ3v) is 5.42. The number of amides is 4. The molecular formula is C27H18FN3O8. The summed E-state index contributed by atoms with van der Waals surface area (Å²) in [4.78, 5) is 60.7. The normalized spacial score (nSPS) is 14.5. The molecule has 12 heteroatoms. The van der Waals surface area contributed by atoms with E-state index in [-0.39, 0.29) is 28.4 Å². The second-order valence-corrected chi connectivity index (χ2v) is 7.92. The lowest BCUT2D eigenvalue weighted by Crippen LogP contribution is -2.54. The van der Waals surface area contributed by atoms with Gasteiger partial charge in [0.15, 0.2) is 11.5 Å². The van der Waals surface area contributed by atoms with Crippen LogP contribution in [0.4, 0.5) is 20.6 Å². The Morgan fingerprint density at radius 1 is 1.00 bits per heavy atom. The molecule has 0 atom stereocenters. The number of nitro benzene ring substituents is 1. The fourth-order valence-electron chi connectivity index (χ4n) is 3.55. The summed E-state index contributed by atoms with van der Waals surface area (Å²) in [5.41, 5.74) is -0.0246. The number of nitrogens with one attached hydrogen (secondary N) is 1. The van der Waals surface area contributed by atoms with Gasteiger partial charge in [0.1, 0.15) is 11.4 Å². The van der Waals surface area contributed by atoms with Crippen molar-refractivity contribution in [2.75, 3.05) is 12.0 Å². The molecule has 1 saturated heterocycles. The van der Waals surface area contributed by atoms with Crippen LogP contribution in [0.5, 0.6) is 11.5 Å². The number of ether oxygens (including phenoxy) is 2. The van der Waals surface area contributed by atoms with Gasteiger partial charge in [0.05, 0.1) is 17.7 Å². The number of esters is 1. The van der Waals surface area contributed by atoms with Crippen molar-refractivity contribution in [1.82, 2.24) is 5.32 Å². The Kier molecular flexibility index (Phi) is 7.57. The fourth-order valence-corrected chi connectivity index (χ4v) is 3.55. The molecule has 3 aromatic carbocycles. The average Bonchev–Trinajstić information content (AvgIpc) is 2.91. The zero-order valence-corrected chi connectivity index (χ0v) is 20.1. The van der Waals surface area contributed by atoms with E-state index in [1.807, 2.05) is 5.32 Å². The maximum Gasteiger partial charge on any atom is 0.336 e. The first kappa shape index (κ1) is 26.4. The van der Waals surface area contributed by atoms with Gasteiger partial charge in [-0.2, -0.15) is 0 Å². The van der Waals surface area contributed by atoms with Crippen LogP contribution in [0.15, 0.2) is 78.4 Å². The molecule has 1 aliphatic rings. The van der Waals surface area contributed by atoms with Gasteiger partial charge in [-0.3, -0.25) is 25.0 Å². The molecule has 1 N–H and O–H groups in total. The Balaban J connectivity index is 1.53. The molecule has 0 unspecified atom stereocenters. The number of methoxy groups -OCH3 is 1. The van der Waals surface area contributed by atoms with E-state index in [2.05, 4.69) is 0 Å². The first-order chi connectivity index (χ1) is 18.7. The molecule has 0 aliphatic carbocycles. The highest BCUT2D eigenvalue weighted by atomic mass is 19.1. The number of carbonyl (C=O) groups excluding carboxylic acids is 4. The number of non-ortho nitro benzene ring substituents is 1.